The van der Waals surface area contributed by atoms with Gasteiger partial charge in [0.2, 0.25) is 5.91 Å². The van der Waals surface area contributed by atoms with Gasteiger partial charge < -0.3 is 25.2 Å². The molecule has 1 heterocycles. The van der Waals surface area contributed by atoms with Crippen molar-refractivity contribution in [1.82, 2.24) is 4.90 Å². The molecule has 2 aromatic carbocycles. The van der Waals surface area contributed by atoms with E-state index in [2.05, 4.69) is 15.1 Å². The van der Waals surface area contributed by atoms with Crippen LogP contribution in [0.3, 0.4) is 0 Å². The highest BCUT2D eigenvalue weighted by molar-refractivity contribution is 5.93. The van der Waals surface area contributed by atoms with Gasteiger partial charge in [-0.25, -0.2) is 0 Å². The molecule has 3 N–H and O–H groups in total. The number of ether oxygens (including phenoxy) is 1. The molecule has 8 heteroatoms. The third kappa shape index (κ3) is 5.64. The SMILES string of the molecule is COc1ccccc1N1CCN(C[C@@H](CC(=O)Nc2cccc(O)c2)C(=O)O)CC1. The second-order valence-electron chi connectivity index (χ2n) is 7.30. The first kappa shape index (κ1) is 21.4. The lowest BCUT2D eigenvalue weighted by atomic mass is 10.0. The van der Waals surface area contributed by atoms with Crippen LogP contribution >= 0.6 is 0 Å². The Hall–Kier alpha value is -3.26. The smallest absolute Gasteiger partial charge is 0.308 e. The number of carboxylic acids is 1. The zero-order valence-electron chi connectivity index (χ0n) is 17.0. The number of amides is 1. The van der Waals surface area contributed by atoms with Crippen molar-refractivity contribution in [3.8, 4) is 11.5 Å². The van der Waals surface area contributed by atoms with Crippen LogP contribution in [0.25, 0.3) is 0 Å². The molecule has 8 nitrogen and oxygen atoms in total. The van der Waals surface area contributed by atoms with Gasteiger partial charge in [0, 0.05) is 50.9 Å². The van der Waals surface area contributed by atoms with Gasteiger partial charge >= 0.3 is 5.97 Å². The van der Waals surface area contributed by atoms with Crippen molar-refractivity contribution >= 4 is 23.3 Å². The molecule has 30 heavy (non-hydrogen) atoms. The normalized spacial score (nSPS) is 15.4. The molecule has 3 rings (SSSR count). The molecule has 0 aromatic heterocycles. The van der Waals surface area contributed by atoms with Gasteiger partial charge in [-0.2, -0.15) is 0 Å². The topological polar surface area (TPSA) is 102 Å². The number of aromatic hydroxyl groups is 1. The second-order valence-corrected chi connectivity index (χ2v) is 7.30. The Kier molecular flexibility index (Phi) is 7.13. The number of hydrogen-bond acceptors (Lipinski definition) is 6. The second kappa shape index (κ2) is 9.98. The Morgan fingerprint density at radius 1 is 1.10 bits per heavy atom. The molecule has 1 atom stereocenters. The van der Waals surface area contributed by atoms with Gasteiger partial charge in [0.25, 0.3) is 0 Å². The first-order valence-corrected chi connectivity index (χ1v) is 9.88. The lowest BCUT2D eigenvalue weighted by molar-refractivity contribution is -0.144. The Balaban J connectivity index is 1.53. The van der Waals surface area contributed by atoms with Crippen LogP contribution < -0.4 is 15.0 Å². The standard InChI is InChI=1S/C22H27N3O5/c1-30-20-8-3-2-7-19(20)25-11-9-24(10-12-25)15-16(22(28)29)13-21(27)23-17-5-4-6-18(26)14-17/h2-8,14,16,26H,9-13,15H2,1H3,(H,23,27)(H,28,29)/t16-/m1/s1. The number of phenolic OH excluding ortho intramolecular Hbond substituents is 1. The summed E-state index contributed by atoms with van der Waals surface area (Å²) in [4.78, 5) is 28.3. The quantitative estimate of drug-likeness (QED) is 0.610. The maximum atomic E-state index is 12.3. The first-order chi connectivity index (χ1) is 14.5. The van der Waals surface area contributed by atoms with Gasteiger partial charge in [-0.05, 0) is 24.3 Å². The molecule has 0 spiro atoms. The van der Waals surface area contributed by atoms with Crippen LogP contribution in [0.4, 0.5) is 11.4 Å². The van der Waals surface area contributed by atoms with E-state index in [0.29, 0.717) is 25.3 Å². The van der Waals surface area contributed by atoms with E-state index >= 15 is 0 Å². The van der Waals surface area contributed by atoms with E-state index in [9.17, 15) is 19.8 Å². The number of phenols is 1. The molecule has 1 fully saturated rings. The maximum Gasteiger partial charge on any atom is 0.308 e. The monoisotopic (exact) mass is 413 g/mol. The predicted octanol–water partition coefficient (Wildman–Crippen LogP) is 2.25. The number of benzene rings is 2. The largest absolute Gasteiger partial charge is 0.508 e. The molecule has 0 radical (unpaired) electrons. The maximum absolute atomic E-state index is 12.3. The van der Waals surface area contributed by atoms with Crippen LogP contribution in [0.15, 0.2) is 48.5 Å². The number of anilines is 2. The van der Waals surface area contributed by atoms with Crippen molar-refractivity contribution in [3.63, 3.8) is 0 Å². The zero-order valence-corrected chi connectivity index (χ0v) is 17.0. The molecule has 0 saturated carbocycles. The number of carbonyl (C=O) groups is 2. The number of carboxylic acid groups (broad SMARTS) is 1. The highest BCUT2D eigenvalue weighted by Gasteiger charge is 2.27. The van der Waals surface area contributed by atoms with Crippen LogP contribution in [0, 0.1) is 5.92 Å². The zero-order chi connectivity index (χ0) is 21.5. The molecular weight excluding hydrogens is 386 g/mol. The molecule has 1 aliphatic heterocycles. The summed E-state index contributed by atoms with van der Waals surface area (Å²) in [5.41, 5.74) is 1.47. The number of nitrogens with one attached hydrogen (secondary N) is 1. The summed E-state index contributed by atoms with van der Waals surface area (Å²) in [6.07, 6.45) is -0.127. The van der Waals surface area contributed by atoms with Crippen molar-refractivity contribution in [1.29, 1.82) is 0 Å². The van der Waals surface area contributed by atoms with Crippen LogP contribution in [-0.4, -0.2) is 66.8 Å². The molecule has 1 aliphatic rings. The van der Waals surface area contributed by atoms with Gasteiger partial charge in [-0.1, -0.05) is 18.2 Å². The third-order valence-electron chi connectivity index (χ3n) is 5.19. The minimum atomic E-state index is -0.992. The Morgan fingerprint density at radius 3 is 2.50 bits per heavy atom. The van der Waals surface area contributed by atoms with Crippen molar-refractivity contribution in [2.45, 2.75) is 6.42 Å². The lowest BCUT2D eigenvalue weighted by Crippen LogP contribution is -2.49. The minimum absolute atomic E-state index is 0.0375. The summed E-state index contributed by atoms with van der Waals surface area (Å²) in [5, 5.41) is 21.7. The van der Waals surface area contributed by atoms with Crippen molar-refractivity contribution in [2.24, 2.45) is 5.92 Å². The molecular formula is C22H27N3O5. The number of para-hydroxylation sites is 2. The highest BCUT2D eigenvalue weighted by atomic mass is 16.5. The molecule has 160 valence electrons. The van der Waals surface area contributed by atoms with E-state index < -0.39 is 11.9 Å². The van der Waals surface area contributed by atoms with Gasteiger partial charge in [0.1, 0.15) is 11.5 Å². The number of hydrogen-bond donors (Lipinski definition) is 3. The summed E-state index contributed by atoms with van der Waals surface area (Å²) < 4.78 is 5.43. The fourth-order valence-corrected chi connectivity index (χ4v) is 3.62. The fraction of sp³-hybridized carbons (Fsp3) is 0.364. The summed E-state index contributed by atoms with van der Waals surface area (Å²) in [7, 11) is 1.65. The number of carbonyl (C=O) groups excluding carboxylic acids is 1. The molecule has 2 aromatic rings. The van der Waals surface area contributed by atoms with Gasteiger partial charge in [0.05, 0.1) is 18.7 Å². The van der Waals surface area contributed by atoms with Gasteiger partial charge in [-0.3, -0.25) is 14.5 Å². The average Bonchev–Trinajstić information content (AvgIpc) is 2.73. The van der Waals surface area contributed by atoms with Crippen LogP contribution in [0.5, 0.6) is 11.5 Å². The van der Waals surface area contributed by atoms with Crippen LogP contribution in [-0.2, 0) is 9.59 Å². The van der Waals surface area contributed by atoms with E-state index in [0.717, 1.165) is 24.5 Å². The first-order valence-electron chi connectivity index (χ1n) is 9.88. The van der Waals surface area contributed by atoms with Gasteiger partial charge in [0.15, 0.2) is 0 Å². The van der Waals surface area contributed by atoms with Crippen molar-refractivity contribution < 1.29 is 24.5 Å². The van der Waals surface area contributed by atoms with E-state index in [-0.39, 0.29) is 18.1 Å². The van der Waals surface area contributed by atoms with E-state index in [1.165, 1.54) is 12.1 Å². The Morgan fingerprint density at radius 2 is 1.83 bits per heavy atom. The number of rotatable bonds is 8. The molecule has 0 unspecified atom stereocenters. The van der Waals surface area contributed by atoms with Crippen molar-refractivity contribution in [3.05, 3.63) is 48.5 Å². The number of nitrogens with zero attached hydrogens (tertiary/aromatic N) is 2. The van der Waals surface area contributed by atoms with Gasteiger partial charge in [-0.15, -0.1) is 0 Å². The number of piperazine rings is 1. The average molecular weight is 413 g/mol. The van der Waals surface area contributed by atoms with Crippen LogP contribution in [0.2, 0.25) is 0 Å². The Bertz CT molecular complexity index is 881. The summed E-state index contributed by atoms with van der Waals surface area (Å²) in [6, 6.07) is 14.0. The van der Waals surface area contributed by atoms with E-state index in [1.807, 2.05) is 24.3 Å². The van der Waals surface area contributed by atoms with E-state index in [4.69, 9.17) is 4.74 Å². The number of aliphatic carboxylic acids is 1. The Labute approximate surface area is 175 Å². The third-order valence-corrected chi connectivity index (χ3v) is 5.19. The van der Waals surface area contributed by atoms with E-state index in [1.54, 1.807) is 19.2 Å². The molecule has 1 saturated heterocycles. The molecule has 0 aliphatic carbocycles. The molecule has 1 amide bonds. The molecule has 0 bridgehead atoms. The van der Waals surface area contributed by atoms with Crippen molar-refractivity contribution in [2.75, 3.05) is 50.1 Å². The summed E-state index contributed by atoms with van der Waals surface area (Å²) >= 11 is 0. The summed E-state index contributed by atoms with van der Waals surface area (Å²) in [5.74, 6) is -1.33. The minimum Gasteiger partial charge on any atom is -0.508 e. The number of methoxy groups -OCH3 is 1. The fourth-order valence-electron chi connectivity index (χ4n) is 3.62. The lowest BCUT2D eigenvalue weighted by Gasteiger charge is -2.37. The predicted molar refractivity (Wildman–Crippen MR) is 114 cm³/mol. The summed E-state index contributed by atoms with van der Waals surface area (Å²) in [6.45, 7) is 3.22. The van der Waals surface area contributed by atoms with Crippen LogP contribution in [0.1, 0.15) is 6.42 Å². The highest BCUT2D eigenvalue weighted by Crippen LogP contribution is 2.28.